The highest BCUT2D eigenvalue weighted by Gasteiger charge is 2.31. The summed E-state index contributed by atoms with van der Waals surface area (Å²) >= 11 is 0. The lowest BCUT2D eigenvalue weighted by Crippen LogP contribution is -2.57. The van der Waals surface area contributed by atoms with E-state index in [1.165, 1.54) is 0 Å². The molecule has 0 radical (unpaired) electrons. The van der Waals surface area contributed by atoms with Crippen LogP contribution in [-0.2, 0) is 4.74 Å². The summed E-state index contributed by atoms with van der Waals surface area (Å²) in [5, 5.41) is 12.5. The SMILES string of the molecule is CCOC1C(N)CCCN1C(N)=N[N+](=O)[O-]. The van der Waals surface area contributed by atoms with Gasteiger partial charge in [-0.05, 0) is 19.8 Å². The van der Waals surface area contributed by atoms with E-state index in [1.807, 2.05) is 6.92 Å². The van der Waals surface area contributed by atoms with E-state index >= 15 is 0 Å². The second kappa shape index (κ2) is 5.61. The van der Waals surface area contributed by atoms with E-state index in [1.54, 1.807) is 4.90 Å². The molecular formula is C8H17N5O3. The number of likely N-dealkylation sites (tertiary alicyclic amines) is 1. The molecule has 1 heterocycles. The van der Waals surface area contributed by atoms with E-state index in [2.05, 4.69) is 5.10 Å². The normalized spacial score (nSPS) is 26.9. The Morgan fingerprint density at radius 3 is 3.00 bits per heavy atom. The molecular weight excluding hydrogens is 214 g/mol. The monoisotopic (exact) mass is 231 g/mol. The summed E-state index contributed by atoms with van der Waals surface area (Å²) in [5.74, 6) is -0.154. The van der Waals surface area contributed by atoms with Crippen LogP contribution < -0.4 is 11.5 Å². The molecule has 1 fully saturated rings. The van der Waals surface area contributed by atoms with Crippen molar-refractivity contribution in [3.8, 4) is 0 Å². The standard InChI is InChI=1S/C8H17N5O3/c1-2-16-7-6(9)4-3-5-12(7)8(10)11-13(14)15/h6-7H,2-5,9H2,1H3,(H2,10,11). The summed E-state index contributed by atoms with van der Waals surface area (Å²) in [6.07, 6.45) is 1.20. The maximum atomic E-state index is 10.2. The number of piperidine rings is 1. The number of rotatable bonds is 3. The van der Waals surface area contributed by atoms with Crippen LogP contribution in [0.4, 0.5) is 0 Å². The molecule has 0 aliphatic carbocycles. The molecule has 0 spiro atoms. The number of nitro groups is 1. The first-order valence-corrected chi connectivity index (χ1v) is 5.18. The third-order valence-electron chi connectivity index (χ3n) is 2.43. The first-order chi connectivity index (χ1) is 7.56. The van der Waals surface area contributed by atoms with Crippen LogP contribution in [0.5, 0.6) is 0 Å². The van der Waals surface area contributed by atoms with Crippen LogP contribution in [0.3, 0.4) is 0 Å². The largest absolute Gasteiger partial charge is 0.364 e. The van der Waals surface area contributed by atoms with Crippen LogP contribution >= 0.6 is 0 Å². The number of hydrogen-bond donors (Lipinski definition) is 2. The smallest absolute Gasteiger partial charge is 0.270 e. The van der Waals surface area contributed by atoms with Crippen LogP contribution in [0.25, 0.3) is 0 Å². The predicted octanol–water partition coefficient (Wildman–Crippen LogP) is -0.721. The zero-order chi connectivity index (χ0) is 12.1. The first-order valence-electron chi connectivity index (χ1n) is 5.18. The van der Waals surface area contributed by atoms with Gasteiger partial charge in [-0.3, -0.25) is 0 Å². The summed E-state index contributed by atoms with van der Waals surface area (Å²) < 4.78 is 5.43. The van der Waals surface area contributed by atoms with E-state index in [-0.39, 0.29) is 12.0 Å². The van der Waals surface area contributed by atoms with Crippen LogP contribution in [0.1, 0.15) is 19.8 Å². The van der Waals surface area contributed by atoms with Gasteiger partial charge in [0, 0.05) is 19.2 Å². The number of hydrogen-bond acceptors (Lipinski definition) is 4. The van der Waals surface area contributed by atoms with Crippen LogP contribution in [0.2, 0.25) is 0 Å². The fourth-order valence-corrected chi connectivity index (χ4v) is 1.77. The molecule has 2 atom stereocenters. The Kier molecular flexibility index (Phi) is 4.44. The van der Waals surface area contributed by atoms with Crippen LogP contribution in [0.15, 0.2) is 5.10 Å². The van der Waals surface area contributed by atoms with Gasteiger partial charge in [-0.25, -0.2) is 10.1 Å². The Bertz CT molecular complexity index is 283. The highest BCUT2D eigenvalue weighted by atomic mass is 16.7. The number of hydrazone groups is 1. The summed E-state index contributed by atoms with van der Waals surface area (Å²) in [5.41, 5.74) is 11.4. The molecule has 8 nitrogen and oxygen atoms in total. The predicted molar refractivity (Wildman–Crippen MR) is 57.9 cm³/mol. The van der Waals surface area contributed by atoms with Crippen molar-refractivity contribution in [3.05, 3.63) is 10.1 Å². The quantitative estimate of drug-likeness (QED) is 0.286. The fraction of sp³-hybridized carbons (Fsp3) is 0.875. The summed E-state index contributed by atoms with van der Waals surface area (Å²) in [7, 11) is 0. The van der Waals surface area contributed by atoms with E-state index < -0.39 is 11.3 Å². The zero-order valence-electron chi connectivity index (χ0n) is 9.20. The summed E-state index contributed by atoms with van der Waals surface area (Å²) in [6.45, 7) is 2.88. The van der Waals surface area contributed by atoms with Crippen molar-refractivity contribution < 1.29 is 9.77 Å². The Morgan fingerprint density at radius 2 is 2.44 bits per heavy atom. The Balaban J connectivity index is 2.78. The molecule has 0 bridgehead atoms. The maximum absolute atomic E-state index is 10.2. The van der Waals surface area contributed by atoms with E-state index in [4.69, 9.17) is 16.2 Å². The van der Waals surface area contributed by atoms with Gasteiger partial charge in [-0.15, -0.1) is 0 Å². The molecule has 92 valence electrons. The van der Waals surface area contributed by atoms with Gasteiger partial charge in [0.15, 0.2) is 5.03 Å². The van der Waals surface area contributed by atoms with E-state index in [0.717, 1.165) is 12.8 Å². The minimum absolute atomic E-state index is 0.154. The van der Waals surface area contributed by atoms with E-state index in [0.29, 0.717) is 13.2 Å². The topological polar surface area (TPSA) is 120 Å². The van der Waals surface area contributed by atoms with Crippen LogP contribution in [0, 0.1) is 10.1 Å². The second-order valence-electron chi connectivity index (χ2n) is 3.54. The molecule has 4 N–H and O–H groups in total. The molecule has 8 heteroatoms. The number of ether oxygens (including phenoxy) is 1. The maximum Gasteiger partial charge on any atom is 0.270 e. The van der Waals surface area contributed by atoms with Gasteiger partial charge >= 0.3 is 0 Å². The molecule has 1 aliphatic rings. The van der Waals surface area contributed by atoms with Crippen molar-refractivity contribution in [2.45, 2.75) is 32.0 Å². The molecule has 0 saturated carbocycles. The Morgan fingerprint density at radius 1 is 1.75 bits per heavy atom. The molecule has 0 aromatic heterocycles. The van der Waals surface area contributed by atoms with Gasteiger partial charge in [0.05, 0.1) is 0 Å². The highest BCUT2D eigenvalue weighted by molar-refractivity contribution is 5.77. The van der Waals surface area contributed by atoms with Crippen molar-refractivity contribution in [1.82, 2.24) is 4.90 Å². The lowest BCUT2D eigenvalue weighted by Gasteiger charge is -2.38. The molecule has 1 aliphatic heterocycles. The van der Waals surface area contributed by atoms with Gasteiger partial charge in [0.25, 0.3) is 5.96 Å². The Hall–Kier alpha value is -1.41. The fourth-order valence-electron chi connectivity index (χ4n) is 1.77. The Labute approximate surface area is 93.4 Å². The lowest BCUT2D eigenvalue weighted by molar-refractivity contribution is -0.486. The van der Waals surface area contributed by atoms with Gasteiger partial charge in [0.2, 0.25) is 0 Å². The van der Waals surface area contributed by atoms with Crippen molar-refractivity contribution in [2.75, 3.05) is 13.2 Å². The summed E-state index contributed by atoms with van der Waals surface area (Å²) in [6, 6.07) is -0.200. The first kappa shape index (κ1) is 12.7. The third-order valence-corrected chi connectivity index (χ3v) is 2.43. The molecule has 0 aromatic rings. The molecule has 1 rings (SSSR count). The van der Waals surface area contributed by atoms with Gasteiger partial charge in [0.1, 0.15) is 11.3 Å². The highest BCUT2D eigenvalue weighted by Crippen LogP contribution is 2.16. The van der Waals surface area contributed by atoms with Gasteiger partial charge in [-0.1, -0.05) is 0 Å². The lowest BCUT2D eigenvalue weighted by atomic mass is 10.1. The molecule has 0 aromatic carbocycles. The van der Waals surface area contributed by atoms with Crippen molar-refractivity contribution in [1.29, 1.82) is 0 Å². The van der Waals surface area contributed by atoms with Crippen molar-refractivity contribution in [2.24, 2.45) is 16.6 Å². The average Bonchev–Trinajstić information content (AvgIpc) is 2.20. The van der Waals surface area contributed by atoms with Crippen LogP contribution in [-0.4, -0.2) is 41.3 Å². The minimum Gasteiger partial charge on any atom is -0.364 e. The minimum atomic E-state index is -0.821. The van der Waals surface area contributed by atoms with Gasteiger partial charge < -0.3 is 21.1 Å². The number of guanidine groups is 1. The van der Waals surface area contributed by atoms with Crippen molar-refractivity contribution in [3.63, 3.8) is 0 Å². The second-order valence-corrected chi connectivity index (χ2v) is 3.54. The molecule has 16 heavy (non-hydrogen) atoms. The number of nitrogens with zero attached hydrogens (tertiary/aromatic N) is 3. The zero-order valence-corrected chi connectivity index (χ0v) is 9.20. The van der Waals surface area contributed by atoms with Gasteiger partial charge in [-0.2, -0.15) is 0 Å². The third kappa shape index (κ3) is 3.04. The number of nitrogens with two attached hydrogens (primary N) is 2. The average molecular weight is 231 g/mol. The summed E-state index contributed by atoms with van der Waals surface area (Å²) in [4.78, 5) is 11.8. The van der Waals surface area contributed by atoms with E-state index in [9.17, 15) is 10.1 Å². The van der Waals surface area contributed by atoms with Crippen molar-refractivity contribution >= 4 is 5.96 Å². The molecule has 0 amide bonds. The molecule has 1 saturated heterocycles. The molecule has 2 unspecified atom stereocenters.